The molecule has 0 saturated heterocycles. The highest BCUT2D eigenvalue weighted by Gasteiger charge is 2.16. The summed E-state index contributed by atoms with van der Waals surface area (Å²) in [5.74, 6) is 0. The average Bonchev–Trinajstić information content (AvgIpc) is 1.97. The van der Waals surface area contributed by atoms with Gasteiger partial charge >= 0.3 is 0 Å². The van der Waals surface area contributed by atoms with E-state index in [9.17, 15) is 8.78 Å². The SMILES string of the molecule is Cc1ccc(Br)c(C(F)F)c1Cl. The van der Waals surface area contributed by atoms with Crippen molar-refractivity contribution in [1.29, 1.82) is 0 Å². The van der Waals surface area contributed by atoms with Crippen LogP contribution in [0, 0.1) is 6.92 Å². The van der Waals surface area contributed by atoms with Crippen LogP contribution >= 0.6 is 27.5 Å². The molecule has 12 heavy (non-hydrogen) atoms. The summed E-state index contributed by atoms with van der Waals surface area (Å²) in [4.78, 5) is 0. The van der Waals surface area contributed by atoms with E-state index in [0.29, 0.717) is 10.0 Å². The van der Waals surface area contributed by atoms with Crippen LogP contribution in [0.25, 0.3) is 0 Å². The van der Waals surface area contributed by atoms with E-state index in [1.807, 2.05) is 0 Å². The third kappa shape index (κ3) is 1.77. The summed E-state index contributed by atoms with van der Waals surface area (Å²) in [7, 11) is 0. The molecule has 0 aliphatic carbocycles. The summed E-state index contributed by atoms with van der Waals surface area (Å²) in [6, 6.07) is 3.26. The maximum atomic E-state index is 12.4. The van der Waals surface area contributed by atoms with Crippen LogP contribution in [0.3, 0.4) is 0 Å². The lowest BCUT2D eigenvalue weighted by Crippen LogP contribution is -1.90. The first-order valence-corrected chi connectivity index (χ1v) is 4.43. The molecule has 0 fully saturated rings. The second kappa shape index (κ2) is 3.71. The minimum absolute atomic E-state index is 0.128. The maximum absolute atomic E-state index is 12.4. The van der Waals surface area contributed by atoms with Gasteiger partial charge in [-0.25, -0.2) is 8.78 Å². The van der Waals surface area contributed by atoms with E-state index in [4.69, 9.17) is 11.6 Å². The largest absolute Gasteiger partial charge is 0.266 e. The van der Waals surface area contributed by atoms with Crippen LogP contribution in [0.1, 0.15) is 17.6 Å². The van der Waals surface area contributed by atoms with Gasteiger partial charge in [0.25, 0.3) is 6.43 Å². The second-order valence-electron chi connectivity index (χ2n) is 2.39. The van der Waals surface area contributed by atoms with Gasteiger partial charge in [-0.05, 0) is 18.6 Å². The van der Waals surface area contributed by atoms with Crippen LogP contribution in [0.15, 0.2) is 16.6 Å². The lowest BCUT2D eigenvalue weighted by molar-refractivity contribution is 0.150. The highest BCUT2D eigenvalue weighted by molar-refractivity contribution is 9.10. The normalized spacial score (nSPS) is 10.8. The zero-order valence-corrected chi connectivity index (χ0v) is 8.59. The molecule has 0 radical (unpaired) electrons. The van der Waals surface area contributed by atoms with Crippen molar-refractivity contribution in [3.8, 4) is 0 Å². The van der Waals surface area contributed by atoms with Gasteiger partial charge in [-0.1, -0.05) is 33.6 Å². The summed E-state index contributed by atoms with van der Waals surface area (Å²) < 4.78 is 25.1. The molecule has 0 aromatic heterocycles. The second-order valence-corrected chi connectivity index (χ2v) is 3.62. The van der Waals surface area contributed by atoms with Crippen molar-refractivity contribution in [1.82, 2.24) is 0 Å². The molecule has 0 aliphatic rings. The van der Waals surface area contributed by atoms with Gasteiger partial charge in [-0.15, -0.1) is 0 Å². The Morgan fingerprint density at radius 1 is 1.42 bits per heavy atom. The van der Waals surface area contributed by atoms with Crippen molar-refractivity contribution < 1.29 is 8.78 Å². The Balaban J connectivity index is 3.33. The van der Waals surface area contributed by atoms with E-state index >= 15 is 0 Å². The number of aryl methyl sites for hydroxylation is 1. The van der Waals surface area contributed by atoms with Gasteiger partial charge in [-0.2, -0.15) is 0 Å². The van der Waals surface area contributed by atoms with Gasteiger partial charge < -0.3 is 0 Å². The zero-order valence-electron chi connectivity index (χ0n) is 6.24. The quantitative estimate of drug-likeness (QED) is 0.700. The van der Waals surface area contributed by atoms with Crippen molar-refractivity contribution in [3.05, 3.63) is 32.8 Å². The van der Waals surface area contributed by atoms with Crippen LogP contribution in [0.5, 0.6) is 0 Å². The smallest absolute Gasteiger partial charge is 0.205 e. The maximum Gasteiger partial charge on any atom is 0.266 e. The molecule has 0 amide bonds. The van der Waals surface area contributed by atoms with E-state index in [1.54, 1.807) is 19.1 Å². The molecule has 0 N–H and O–H groups in total. The Hall–Kier alpha value is -0.150. The fourth-order valence-electron chi connectivity index (χ4n) is 0.878. The van der Waals surface area contributed by atoms with Crippen LogP contribution in [0.4, 0.5) is 8.78 Å². The Morgan fingerprint density at radius 2 is 2.00 bits per heavy atom. The molecule has 1 rings (SSSR count). The molecule has 66 valence electrons. The van der Waals surface area contributed by atoms with E-state index in [-0.39, 0.29) is 10.6 Å². The predicted molar refractivity (Wildman–Crippen MR) is 48.8 cm³/mol. The van der Waals surface area contributed by atoms with Gasteiger partial charge in [0, 0.05) is 4.47 Å². The molecule has 0 spiro atoms. The number of benzene rings is 1. The molecular formula is C8H6BrClF2. The molecular weight excluding hydrogens is 249 g/mol. The predicted octanol–water partition coefficient (Wildman–Crippen LogP) is 4.35. The first kappa shape index (κ1) is 9.93. The number of hydrogen-bond acceptors (Lipinski definition) is 0. The summed E-state index contributed by atoms with van der Waals surface area (Å²) in [6.45, 7) is 1.70. The first-order valence-electron chi connectivity index (χ1n) is 3.26. The van der Waals surface area contributed by atoms with Gasteiger partial charge in [0.15, 0.2) is 0 Å². The number of rotatable bonds is 1. The summed E-state index contributed by atoms with van der Waals surface area (Å²) in [5.41, 5.74) is 0.534. The Labute approximate surface area is 82.7 Å². The average molecular weight is 255 g/mol. The molecule has 0 aliphatic heterocycles. The Kier molecular flexibility index (Phi) is 3.07. The van der Waals surface area contributed by atoms with Crippen LogP contribution in [-0.4, -0.2) is 0 Å². The fourth-order valence-corrected chi connectivity index (χ4v) is 1.74. The molecule has 0 saturated carbocycles. The van der Waals surface area contributed by atoms with Crippen molar-refractivity contribution >= 4 is 27.5 Å². The van der Waals surface area contributed by atoms with Crippen LogP contribution in [-0.2, 0) is 0 Å². The highest BCUT2D eigenvalue weighted by Crippen LogP contribution is 2.35. The van der Waals surface area contributed by atoms with E-state index in [2.05, 4.69) is 15.9 Å². The van der Waals surface area contributed by atoms with E-state index in [0.717, 1.165) is 0 Å². The number of hydrogen-bond donors (Lipinski definition) is 0. The minimum Gasteiger partial charge on any atom is -0.205 e. The third-order valence-electron chi connectivity index (χ3n) is 1.54. The highest BCUT2D eigenvalue weighted by atomic mass is 79.9. The van der Waals surface area contributed by atoms with Crippen molar-refractivity contribution in [2.24, 2.45) is 0 Å². The lowest BCUT2D eigenvalue weighted by Gasteiger charge is -2.07. The van der Waals surface area contributed by atoms with E-state index in [1.165, 1.54) is 0 Å². The molecule has 0 heterocycles. The topological polar surface area (TPSA) is 0 Å². The molecule has 4 heteroatoms. The Bertz CT molecular complexity index is 299. The van der Waals surface area contributed by atoms with Gasteiger partial charge in [0.1, 0.15) is 0 Å². The number of alkyl halides is 2. The van der Waals surface area contributed by atoms with Crippen molar-refractivity contribution in [3.63, 3.8) is 0 Å². The van der Waals surface area contributed by atoms with E-state index < -0.39 is 6.43 Å². The zero-order chi connectivity index (χ0) is 9.30. The molecule has 0 nitrogen and oxygen atoms in total. The molecule has 1 aromatic rings. The van der Waals surface area contributed by atoms with Gasteiger partial charge in [0.2, 0.25) is 0 Å². The van der Waals surface area contributed by atoms with Crippen molar-refractivity contribution in [2.45, 2.75) is 13.3 Å². The minimum atomic E-state index is -2.54. The standard InChI is InChI=1S/C8H6BrClF2/c1-4-2-3-5(9)6(7(4)10)8(11)12/h2-3,8H,1H3. The number of halogens is 4. The lowest BCUT2D eigenvalue weighted by atomic mass is 10.1. The monoisotopic (exact) mass is 254 g/mol. The van der Waals surface area contributed by atoms with Gasteiger partial charge in [-0.3, -0.25) is 0 Å². The van der Waals surface area contributed by atoms with Crippen LogP contribution in [0.2, 0.25) is 5.02 Å². The van der Waals surface area contributed by atoms with Gasteiger partial charge in [0.05, 0.1) is 10.6 Å². The molecule has 0 bridgehead atoms. The summed E-state index contributed by atoms with van der Waals surface area (Å²) in [6.07, 6.45) is -2.54. The fraction of sp³-hybridized carbons (Fsp3) is 0.250. The first-order chi connectivity index (χ1) is 5.54. The summed E-state index contributed by atoms with van der Waals surface area (Å²) >= 11 is 8.70. The van der Waals surface area contributed by atoms with Crippen LogP contribution < -0.4 is 0 Å². The molecule has 0 atom stereocenters. The third-order valence-corrected chi connectivity index (χ3v) is 2.73. The summed E-state index contributed by atoms with van der Waals surface area (Å²) in [5, 5.41) is 0.138. The Morgan fingerprint density at radius 3 is 2.42 bits per heavy atom. The molecule has 1 aromatic carbocycles. The van der Waals surface area contributed by atoms with Crippen molar-refractivity contribution in [2.75, 3.05) is 0 Å². The molecule has 0 unspecified atom stereocenters.